The Balaban J connectivity index is 1.46. The summed E-state index contributed by atoms with van der Waals surface area (Å²) in [4.78, 5) is 26.0. The Morgan fingerprint density at radius 1 is 1.27 bits per heavy atom. The summed E-state index contributed by atoms with van der Waals surface area (Å²) < 4.78 is 40.1. The molecule has 1 fully saturated rings. The molecule has 2 N–H and O–H groups in total. The summed E-state index contributed by atoms with van der Waals surface area (Å²) in [6, 6.07) is 9.53. The lowest BCUT2D eigenvalue weighted by Gasteiger charge is -2.34. The van der Waals surface area contributed by atoms with E-state index >= 15 is 0 Å². The molecular weight excluding hydrogens is 395 g/mol. The minimum atomic E-state index is -4.49. The lowest BCUT2D eigenvalue weighted by molar-refractivity contribution is -0.137. The molecule has 2 aromatic heterocycles. The molecule has 2 atom stereocenters. The monoisotopic (exact) mass is 417 g/mol. The van der Waals surface area contributed by atoms with Crippen molar-refractivity contribution in [2.75, 3.05) is 18.0 Å². The Kier molecular flexibility index (Phi) is 5.36. The predicted molar refractivity (Wildman–Crippen MR) is 107 cm³/mol. The molecule has 1 aliphatic heterocycles. The van der Waals surface area contributed by atoms with Gasteiger partial charge >= 0.3 is 6.18 Å². The van der Waals surface area contributed by atoms with Gasteiger partial charge in [-0.2, -0.15) is 13.2 Å². The maximum Gasteiger partial charge on any atom is 0.419 e. The average Bonchev–Trinajstić information content (AvgIpc) is 3.18. The van der Waals surface area contributed by atoms with Crippen molar-refractivity contribution in [2.24, 2.45) is 5.92 Å². The van der Waals surface area contributed by atoms with Crippen molar-refractivity contribution in [3.8, 4) is 0 Å². The van der Waals surface area contributed by atoms with Crippen molar-refractivity contribution in [1.29, 1.82) is 0 Å². The van der Waals surface area contributed by atoms with E-state index in [4.69, 9.17) is 0 Å². The highest BCUT2D eigenvalue weighted by atomic mass is 19.4. The molecule has 0 radical (unpaired) electrons. The molecule has 0 spiro atoms. The standard InChI is InChI=1S/C21H22F3N5O/c1-13(18-27-16-8-2-3-9-17(16)28-18)26-20(30)14-6-5-11-29(12-14)19-15(21(22,23)24)7-4-10-25-19/h2-4,7-10,13-14H,5-6,11-12H2,1H3,(H,26,30)(H,27,28). The molecule has 0 bridgehead atoms. The maximum atomic E-state index is 13.4. The molecule has 1 aromatic carbocycles. The molecule has 3 heterocycles. The van der Waals surface area contributed by atoms with Crippen LogP contribution in [0.5, 0.6) is 0 Å². The highest BCUT2D eigenvalue weighted by Gasteiger charge is 2.37. The van der Waals surface area contributed by atoms with Crippen LogP contribution in [0.3, 0.4) is 0 Å². The molecule has 9 heteroatoms. The number of amides is 1. The van der Waals surface area contributed by atoms with Gasteiger partial charge in [0.25, 0.3) is 0 Å². The summed E-state index contributed by atoms with van der Waals surface area (Å²) in [6.45, 7) is 2.46. The van der Waals surface area contributed by atoms with Gasteiger partial charge in [-0.1, -0.05) is 12.1 Å². The van der Waals surface area contributed by atoms with Gasteiger partial charge in [-0.15, -0.1) is 0 Å². The van der Waals surface area contributed by atoms with Crippen molar-refractivity contribution < 1.29 is 18.0 Å². The van der Waals surface area contributed by atoms with E-state index in [1.54, 1.807) is 4.90 Å². The third kappa shape index (κ3) is 4.10. The first-order valence-electron chi connectivity index (χ1n) is 9.85. The quantitative estimate of drug-likeness (QED) is 0.671. The molecule has 1 aliphatic rings. The van der Waals surface area contributed by atoms with E-state index in [1.807, 2.05) is 31.2 Å². The number of hydrogen-bond donors (Lipinski definition) is 2. The van der Waals surface area contributed by atoms with Crippen LogP contribution in [0.2, 0.25) is 0 Å². The number of carbonyl (C=O) groups excluding carboxylic acids is 1. The zero-order valence-electron chi connectivity index (χ0n) is 16.4. The third-order valence-electron chi connectivity index (χ3n) is 5.36. The normalized spacial score (nSPS) is 18.4. The molecule has 6 nitrogen and oxygen atoms in total. The van der Waals surface area contributed by atoms with Gasteiger partial charge in [0.15, 0.2) is 0 Å². The number of aromatic amines is 1. The fourth-order valence-electron chi connectivity index (χ4n) is 3.83. The van der Waals surface area contributed by atoms with E-state index in [2.05, 4.69) is 20.3 Å². The van der Waals surface area contributed by atoms with E-state index in [0.29, 0.717) is 25.2 Å². The predicted octanol–water partition coefficient (Wildman–Crippen LogP) is 4.07. The summed E-state index contributed by atoms with van der Waals surface area (Å²) in [6.07, 6.45) is -1.92. The minimum Gasteiger partial charge on any atom is -0.355 e. The molecule has 30 heavy (non-hydrogen) atoms. The molecular formula is C21H22F3N5O. The van der Waals surface area contributed by atoms with Gasteiger partial charge in [0.1, 0.15) is 11.6 Å². The van der Waals surface area contributed by atoms with E-state index in [1.165, 1.54) is 12.3 Å². The fraction of sp³-hybridized carbons (Fsp3) is 0.381. The number of pyridine rings is 1. The number of nitrogens with zero attached hydrogens (tertiary/aromatic N) is 3. The molecule has 0 saturated carbocycles. The molecule has 3 aromatic rings. The van der Waals surface area contributed by atoms with Crippen molar-refractivity contribution in [3.05, 3.63) is 54.0 Å². The summed E-state index contributed by atoms with van der Waals surface area (Å²) in [5.41, 5.74) is 0.918. The van der Waals surface area contributed by atoms with Crippen LogP contribution in [0, 0.1) is 5.92 Å². The maximum absolute atomic E-state index is 13.4. The van der Waals surface area contributed by atoms with Crippen LogP contribution < -0.4 is 10.2 Å². The summed E-state index contributed by atoms with van der Waals surface area (Å²) >= 11 is 0. The number of para-hydroxylation sites is 2. The van der Waals surface area contributed by atoms with Gasteiger partial charge in [0.2, 0.25) is 5.91 Å². The van der Waals surface area contributed by atoms with Gasteiger partial charge in [-0.3, -0.25) is 4.79 Å². The molecule has 4 rings (SSSR count). The topological polar surface area (TPSA) is 73.9 Å². The first-order valence-corrected chi connectivity index (χ1v) is 9.85. The van der Waals surface area contributed by atoms with Crippen molar-refractivity contribution >= 4 is 22.8 Å². The largest absolute Gasteiger partial charge is 0.419 e. The van der Waals surface area contributed by atoms with Crippen LogP contribution in [-0.2, 0) is 11.0 Å². The van der Waals surface area contributed by atoms with Crippen LogP contribution in [0.25, 0.3) is 11.0 Å². The van der Waals surface area contributed by atoms with Crippen LogP contribution in [-0.4, -0.2) is 33.9 Å². The van der Waals surface area contributed by atoms with E-state index in [-0.39, 0.29) is 24.3 Å². The van der Waals surface area contributed by atoms with Crippen LogP contribution in [0.1, 0.15) is 37.2 Å². The highest BCUT2D eigenvalue weighted by Crippen LogP contribution is 2.36. The third-order valence-corrected chi connectivity index (χ3v) is 5.36. The first-order chi connectivity index (χ1) is 14.3. The molecule has 2 unspecified atom stereocenters. The second-order valence-electron chi connectivity index (χ2n) is 7.53. The highest BCUT2D eigenvalue weighted by molar-refractivity contribution is 5.80. The van der Waals surface area contributed by atoms with Crippen molar-refractivity contribution in [2.45, 2.75) is 32.0 Å². The number of carbonyl (C=O) groups is 1. The number of piperidine rings is 1. The van der Waals surface area contributed by atoms with Crippen molar-refractivity contribution in [3.63, 3.8) is 0 Å². The smallest absolute Gasteiger partial charge is 0.355 e. The SMILES string of the molecule is CC(NC(=O)C1CCCN(c2ncccc2C(F)(F)F)C1)c1nc2ccccc2[nH]1. The lowest BCUT2D eigenvalue weighted by atomic mass is 9.96. The Bertz CT molecular complexity index is 1020. The molecule has 0 aliphatic carbocycles. The van der Waals surface area contributed by atoms with Crippen LogP contribution in [0.4, 0.5) is 19.0 Å². The summed E-state index contributed by atoms with van der Waals surface area (Å²) in [7, 11) is 0. The van der Waals surface area contributed by atoms with Crippen LogP contribution >= 0.6 is 0 Å². The zero-order valence-corrected chi connectivity index (χ0v) is 16.4. The number of H-pyrrole nitrogens is 1. The molecule has 158 valence electrons. The van der Waals surface area contributed by atoms with Crippen molar-refractivity contribution in [1.82, 2.24) is 20.3 Å². The van der Waals surface area contributed by atoms with E-state index < -0.39 is 17.7 Å². The number of nitrogens with one attached hydrogen (secondary N) is 2. The van der Waals surface area contributed by atoms with Gasteiger partial charge in [0, 0.05) is 19.3 Å². The molecule has 1 saturated heterocycles. The van der Waals surface area contributed by atoms with Gasteiger partial charge in [-0.05, 0) is 44.0 Å². The number of aromatic nitrogens is 3. The number of benzene rings is 1. The number of fused-ring (bicyclic) bond motifs is 1. The number of rotatable bonds is 4. The Morgan fingerprint density at radius 2 is 2.07 bits per heavy atom. The number of anilines is 1. The van der Waals surface area contributed by atoms with E-state index in [0.717, 1.165) is 17.1 Å². The second-order valence-corrected chi connectivity index (χ2v) is 7.53. The Morgan fingerprint density at radius 3 is 2.83 bits per heavy atom. The van der Waals surface area contributed by atoms with Gasteiger partial charge in [0.05, 0.1) is 28.6 Å². The Labute approximate surface area is 171 Å². The summed E-state index contributed by atoms with van der Waals surface area (Å²) in [5.74, 6) is -0.0973. The lowest BCUT2D eigenvalue weighted by Crippen LogP contribution is -2.44. The zero-order chi connectivity index (χ0) is 21.3. The number of hydrogen-bond acceptors (Lipinski definition) is 4. The van der Waals surface area contributed by atoms with E-state index in [9.17, 15) is 18.0 Å². The Hall–Kier alpha value is -3.10. The average molecular weight is 417 g/mol. The summed E-state index contributed by atoms with van der Waals surface area (Å²) in [5, 5.41) is 2.94. The second kappa shape index (κ2) is 7.97. The van der Waals surface area contributed by atoms with Gasteiger partial charge < -0.3 is 15.2 Å². The number of halogens is 3. The first kappa shape index (κ1) is 20.2. The van der Waals surface area contributed by atoms with Gasteiger partial charge in [-0.25, -0.2) is 9.97 Å². The minimum absolute atomic E-state index is 0.118. The number of imidazole rings is 1. The fourth-order valence-corrected chi connectivity index (χ4v) is 3.83. The molecule has 1 amide bonds. The number of alkyl halides is 3. The van der Waals surface area contributed by atoms with Crippen LogP contribution in [0.15, 0.2) is 42.6 Å².